The third-order valence-electron chi connectivity index (χ3n) is 3.02. The zero-order valence-electron chi connectivity index (χ0n) is 11.7. The van der Waals surface area contributed by atoms with Crippen molar-refractivity contribution >= 4 is 34.2 Å². The summed E-state index contributed by atoms with van der Waals surface area (Å²) in [7, 11) is 0. The van der Waals surface area contributed by atoms with E-state index in [4.69, 9.17) is 0 Å². The average Bonchev–Trinajstić information content (AvgIpc) is 2.94. The molecule has 0 aliphatic heterocycles. The predicted molar refractivity (Wildman–Crippen MR) is 91.0 cm³/mol. The lowest BCUT2D eigenvalue weighted by molar-refractivity contribution is 0.102. The van der Waals surface area contributed by atoms with E-state index in [-0.39, 0.29) is 5.91 Å². The first-order valence-corrected chi connectivity index (χ1v) is 7.60. The molecule has 3 aromatic rings. The van der Waals surface area contributed by atoms with Gasteiger partial charge in [-0.3, -0.25) is 9.36 Å². The molecule has 0 atom stereocenters. The molecular formula is C15H12IN5O. The highest BCUT2D eigenvalue weighted by atomic mass is 127. The second-order valence-corrected chi connectivity index (χ2v) is 5.83. The number of anilines is 1. The molecule has 0 unspecified atom stereocenters. The zero-order valence-corrected chi connectivity index (χ0v) is 13.9. The highest BCUT2D eigenvalue weighted by molar-refractivity contribution is 14.1. The molecule has 1 N–H and O–H groups in total. The topological polar surface area (TPSA) is 72.7 Å². The second-order valence-electron chi connectivity index (χ2n) is 4.58. The number of aryl methyl sites for hydroxylation is 1. The van der Waals surface area contributed by atoms with Gasteiger partial charge in [-0.15, -0.1) is 0 Å². The number of amides is 1. The van der Waals surface area contributed by atoms with Crippen molar-refractivity contribution in [2.45, 2.75) is 6.92 Å². The normalized spacial score (nSPS) is 10.5. The van der Waals surface area contributed by atoms with Gasteiger partial charge in [0.15, 0.2) is 0 Å². The Balaban J connectivity index is 1.76. The van der Waals surface area contributed by atoms with Crippen molar-refractivity contribution in [3.05, 3.63) is 64.0 Å². The minimum Gasteiger partial charge on any atom is -0.319 e. The Bertz CT molecular complexity index is 813. The summed E-state index contributed by atoms with van der Waals surface area (Å²) in [6.45, 7) is 1.87. The number of imidazole rings is 1. The van der Waals surface area contributed by atoms with E-state index in [0.717, 1.165) is 9.39 Å². The average molecular weight is 405 g/mol. The third kappa shape index (κ3) is 3.14. The predicted octanol–water partition coefficient (Wildman–Crippen LogP) is 2.83. The van der Waals surface area contributed by atoms with Crippen LogP contribution in [-0.4, -0.2) is 25.4 Å². The summed E-state index contributed by atoms with van der Waals surface area (Å²) in [5.74, 6) is 1.13. The van der Waals surface area contributed by atoms with Gasteiger partial charge in [0.1, 0.15) is 5.82 Å². The largest absolute Gasteiger partial charge is 0.319 e. The summed E-state index contributed by atoms with van der Waals surface area (Å²) in [5, 5.41) is 2.78. The molecule has 6 nitrogen and oxygen atoms in total. The maximum Gasteiger partial charge on any atom is 0.255 e. The molecule has 0 bridgehead atoms. The first-order valence-electron chi connectivity index (χ1n) is 6.53. The highest BCUT2D eigenvalue weighted by Crippen LogP contribution is 2.12. The Kier molecular flexibility index (Phi) is 4.14. The summed E-state index contributed by atoms with van der Waals surface area (Å²) in [6, 6.07) is 7.36. The molecule has 0 aliphatic rings. The van der Waals surface area contributed by atoms with E-state index >= 15 is 0 Å². The van der Waals surface area contributed by atoms with E-state index in [1.807, 2.05) is 25.1 Å². The van der Waals surface area contributed by atoms with E-state index in [0.29, 0.717) is 17.2 Å². The fraction of sp³-hybridized carbons (Fsp3) is 0.0667. The molecule has 110 valence electrons. The van der Waals surface area contributed by atoms with E-state index in [9.17, 15) is 4.79 Å². The van der Waals surface area contributed by atoms with Crippen LogP contribution in [0.1, 0.15) is 16.2 Å². The molecule has 3 rings (SSSR count). The van der Waals surface area contributed by atoms with Crippen LogP contribution < -0.4 is 5.32 Å². The molecular weight excluding hydrogens is 393 g/mol. The van der Waals surface area contributed by atoms with Crippen LogP contribution >= 0.6 is 22.6 Å². The number of hydrogen-bond acceptors (Lipinski definition) is 4. The monoisotopic (exact) mass is 405 g/mol. The van der Waals surface area contributed by atoms with Crippen LogP contribution in [0.2, 0.25) is 0 Å². The van der Waals surface area contributed by atoms with Gasteiger partial charge in [0.25, 0.3) is 5.91 Å². The van der Waals surface area contributed by atoms with Gasteiger partial charge < -0.3 is 5.32 Å². The number of rotatable bonds is 3. The number of hydrogen-bond donors (Lipinski definition) is 1. The van der Waals surface area contributed by atoms with Crippen LogP contribution in [0.3, 0.4) is 0 Å². The lowest BCUT2D eigenvalue weighted by Crippen LogP contribution is -2.13. The van der Waals surface area contributed by atoms with Crippen LogP contribution in [0.5, 0.6) is 0 Å². The van der Waals surface area contributed by atoms with Crippen LogP contribution in [0.4, 0.5) is 5.69 Å². The van der Waals surface area contributed by atoms with Gasteiger partial charge in [-0.05, 0) is 47.7 Å². The lowest BCUT2D eigenvalue weighted by atomic mass is 10.2. The third-order valence-corrected chi connectivity index (χ3v) is 3.70. The minimum absolute atomic E-state index is 0.186. The van der Waals surface area contributed by atoms with Gasteiger partial charge in [0.05, 0.1) is 18.1 Å². The van der Waals surface area contributed by atoms with Gasteiger partial charge in [-0.2, -0.15) is 0 Å². The molecule has 7 heteroatoms. The van der Waals surface area contributed by atoms with Crippen LogP contribution in [0.15, 0.2) is 49.1 Å². The Hall–Kier alpha value is -2.29. The first-order chi connectivity index (χ1) is 10.6. The van der Waals surface area contributed by atoms with Crippen molar-refractivity contribution in [3.8, 4) is 5.95 Å². The molecule has 0 fully saturated rings. The quantitative estimate of drug-likeness (QED) is 0.681. The number of aromatic nitrogens is 4. The number of carbonyl (C=O) groups is 1. The molecule has 0 aliphatic carbocycles. The van der Waals surface area contributed by atoms with Gasteiger partial charge in [0, 0.05) is 21.5 Å². The fourth-order valence-electron chi connectivity index (χ4n) is 1.93. The highest BCUT2D eigenvalue weighted by Gasteiger charge is 2.08. The number of carbonyl (C=O) groups excluding carboxylic acids is 1. The maximum absolute atomic E-state index is 12.1. The standard InChI is InChI=1S/C15H12IN5O/c1-10-17-5-6-21(10)15-18-8-13(9-19-15)20-14(22)11-3-2-4-12(16)7-11/h2-9H,1H3,(H,20,22). The summed E-state index contributed by atoms with van der Waals surface area (Å²) >= 11 is 2.17. The fourth-order valence-corrected chi connectivity index (χ4v) is 2.48. The lowest BCUT2D eigenvalue weighted by Gasteiger charge is -2.06. The van der Waals surface area contributed by atoms with Gasteiger partial charge in [-0.1, -0.05) is 6.07 Å². The van der Waals surface area contributed by atoms with Crippen molar-refractivity contribution in [2.24, 2.45) is 0 Å². The molecule has 22 heavy (non-hydrogen) atoms. The second kappa shape index (κ2) is 6.22. The number of halogens is 1. The molecule has 1 amide bonds. The number of benzene rings is 1. The molecule has 0 saturated heterocycles. The number of nitrogens with one attached hydrogen (secondary N) is 1. The van der Waals surface area contributed by atoms with E-state index in [1.165, 1.54) is 0 Å². The van der Waals surface area contributed by atoms with Crippen LogP contribution in [-0.2, 0) is 0 Å². The van der Waals surface area contributed by atoms with Crippen LogP contribution in [0.25, 0.3) is 5.95 Å². The molecule has 2 aromatic heterocycles. The molecule has 1 aromatic carbocycles. The van der Waals surface area contributed by atoms with E-state index in [2.05, 4.69) is 42.9 Å². The van der Waals surface area contributed by atoms with Gasteiger partial charge in [-0.25, -0.2) is 15.0 Å². The smallest absolute Gasteiger partial charge is 0.255 e. The van der Waals surface area contributed by atoms with Crippen molar-refractivity contribution in [2.75, 3.05) is 5.32 Å². The van der Waals surface area contributed by atoms with Crippen LogP contribution in [0, 0.1) is 10.5 Å². The summed E-state index contributed by atoms with van der Waals surface area (Å²) in [4.78, 5) is 24.8. The molecule has 0 spiro atoms. The number of nitrogens with zero attached hydrogens (tertiary/aromatic N) is 4. The van der Waals surface area contributed by atoms with E-state index in [1.54, 1.807) is 35.4 Å². The summed E-state index contributed by atoms with van der Waals surface area (Å²) < 4.78 is 2.78. The summed E-state index contributed by atoms with van der Waals surface area (Å²) in [6.07, 6.45) is 6.63. The van der Waals surface area contributed by atoms with Crippen molar-refractivity contribution < 1.29 is 4.79 Å². The van der Waals surface area contributed by atoms with E-state index < -0.39 is 0 Å². The molecule has 0 saturated carbocycles. The zero-order chi connectivity index (χ0) is 15.5. The van der Waals surface area contributed by atoms with Crippen molar-refractivity contribution in [3.63, 3.8) is 0 Å². The van der Waals surface area contributed by atoms with Gasteiger partial charge >= 0.3 is 0 Å². The molecule has 0 radical (unpaired) electrons. The molecule has 2 heterocycles. The summed E-state index contributed by atoms with van der Waals surface area (Å²) in [5.41, 5.74) is 1.15. The van der Waals surface area contributed by atoms with Gasteiger partial charge in [0.2, 0.25) is 5.95 Å². The maximum atomic E-state index is 12.1. The Morgan fingerprint density at radius 2 is 2.00 bits per heavy atom. The minimum atomic E-state index is -0.186. The Labute approximate surface area is 140 Å². The van der Waals surface area contributed by atoms with Crippen molar-refractivity contribution in [1.82, 2.24) is 19.5 Å². The first kappa shape index (κ1) is 14.6. The SMILES string of the molecule is Cc1nccn1-c1ncc(NC(=O)c2cccc(I)c2)cn1. The van der Waals surface area contributed by atoms with Crippen molar-refractivity contribution in [1.29, 1.82) is 0 Å². The Morgan fingerprint density at radius 3 is 2.64 bits per heavy atom. The Morgan fingerprint density at radius 1 is 1.23 bits per heavy atom.